The first kappa shape index (κ1) is 18.5. The maximum atomic E-state index is 12.1. The van der Waals surface area contributed by atoms with Crippen LogP contribution >= 0.6 is 0 Å². The Hall–Kier alpha value is -3.87. The first-order valence-electron chi connectivity index (χ1n) is 9.09. The zero-order valence-electron chi connectivity index (χ0n) is 15.3. The number of benzene rings is 1. The third kappa shape index (κ3) is 3.38. The fraction of sp³-hybridized carbons (Fsp3) is 0.316. The van der Waals surface area contributed by atoms with Gasteiger partial charge in [-0.25, -0.2) is 9.69 Å². The summed E-state index contributed by atoms with van der Waals surface area (Å²) in [6.45, 7) is -0.0396. The summed E-state index contributed by atoms with van der Waals surface area (Å²) in [7, 11) is 0. The number of nitrogens with one attached hydrogen (secondary N) is 1. The number of hydrogen-bond acceptors (Lipinski definition) is 6. The van der Waals surface area contributed by atoms with E-state index < -0.39 is 17.9 Å². The van der Waals surface area contributed by atoms with Crippen molar-refractivity contribution in [1.82, 2.24) is 14.7 Å². The Morgan fingerprint density at radius 2 is 2.17 bits per heavy atom. The predicted molar refractivity (Wildman–Crippen MR) is 100 cm³/mol. The Balaban J connectivity index is 1.63. The highest BCUT2D eigenvalue weighted by molar-refractivity contribution is 6.06. The minimum atomic E-state index is -1.31. The van der Waals surface area contributed by atoms with Crippen molar-refractivity contribution in [3.05, 3.63) is 41.1 Å². The number of amides is 3. The Morgan fingerprint density at radius 3 is 2.79 bits per heavy atom. The molecule has 148 valence electrons. The van der Waals surface area contributed by atoms with Crippen molar-refractivity contribution in [2.75, 3.05) is 5.32 Å². The molecule has 0 spiro atoms. The van der Waals surface area contributed by atoms with Crippen LogP contribution in [0.2, 0.25) is 0 Å². The molecule has 1 unspecified atom stereocenters. The number of imide groups is 1. The van der Waals surface area contributed by atoms with E-state index in [1.54, 1.807) is 23.0 Å². The van der Waals surface area contributed by atoms with Crippen molar-refractivity contribution < 1.29 is 19.5 Å². The highest BCUT2D eigenvalue weighted by Gasteiger charge is 2.34. The monoisotopic (exact) mass is 394 g/mol. The van der Waals surface area contributed by atoms with E-state index in [0.717, 1.165) is 17.7 Å². The lowest BCUT2D eigenvalue weighted by molar-refractivity contribution is 0.0763. The van der Waals surface area contributed by atoms with E-state index in [0.29, 0.717) is 22.7 Å². The van der Waals surface area contributed by atoms with Crippen LogP contribution in [0.15, 0.2) is 24.4 Å². The fourth-order valence-electron chi connectivity index (χ4n) is 3.57. The van der Waals surface area contributed by atoms with Gasteiger partial charge in [-0.3, -0.25) is 14.3 Å². The molecule has 3 amide bonds. The highest BCUT2D eigenvalue weighted by Crippen LogP contribution is 2.41. The quantitative estimate of drug-likeness (QED) is 0.678. The lowest BCUT2D eigenvalue weighted by Crippen LogP contribution is -2.29. The van der Waals surface area contributed by atoms with Gasteiger partial charge in [0.05, 0.1) is 25.1 Å². The summed E-state index contributed by atoms with van der Waals surface area (Å²) < 4.78 is 1.62. The second-order valence-electron chi connectivity index (χ2n) is 7.17. The molecule has 10 nitrogen and oxygen atoms in total. The molecule has 1 aliphatic carbocycles. The number of nitriles is 1. The van der Waals surface area contributed by atoms with Crippen LogP contribution < -0.4 is 11.1 Å². The molecule has 10 heteroatoms. The Labute approximate surface area is 165 Å². The maximum absolute atomic E-state index is 12.1. The normalized spacial score (nSPS) is 16.2. The lowest BCUT2D eigenvalue weighted by atomic mass is 10.1. The van der Waals surface area contributed by atoms with Gasteiger partial charge in [0.1, 0.15) is 5.56 Å². The SMILES string of the molecule is N#CCC(C1CC1)n1cc(C(N)=O)c(Nc2ccc3c(c2)CN(C(=O)O)C3=O)n1. The number of nitrogens with two attached hydrogens (primary N) is 1. The smallest absolute Gasteiger partial charge is 0.414 e. The van der Waals surface area contributed by atoms with Gasteiger partial charge in [-0.05, 0) is 42.5 Å². The van der Waals surface area contributed by atoms with E-state index in [9.17, 15) is 14.4 Å². The van der Waals surface area contributed by atoms with Gasteiger partial charge in [-0.15, -0.1) is 0 Å². The summed E-state index contributed by atoms with van der Waals surface area (Å²) in [5.41, 5.74) is 7.11. The minimum Gasteiger partial charge on any atom is -0.465 e. The van der Waals surface area contributed by atoms with E-state index in [4.69, 9.17) is 16.1 Å². The second kappa shape index (κ2) is 6.94. The van der Waals surface area contributed by atoms with E-state index in [1.165, 1.54) is 6.07 Å². The molecular formula is C19H18N6O4. The van der Waals surface area contributed by atoms with Crippen LogP contribution in [0, 0.1) is 17.2 Å². The Morgan fingerprint density at radius 1 is 1.41 bits per heavy atom. The number of primary amides is 1. The molecule has 2 aromatic rings. The summed E-state index contributed by atoms with van der Waals surface area (Å²) in [5, 5.41) is 25.7. The summed E-state index contributed by atoms with van der Waals surface area (Å²) in [4.78, 5) is 35.9. The number of nitrogens with zero attached hydrogens (tertiary/aromatic N) is 4. The number of carbonyl (C=O) groups excluding carboxylic acids is 2. The summed E-state index contributed by atoms with van der Waals surface area (Å²) >= 11 is 0. The van der Waals surface area contributed by atoms with Gasteiger partial charge in [-0.2, -0.15) is 10.4 Å². The first-order valence-corrected chi connectivity index (χ1v) is 9.09. The van der Waals surface area contributed by atoms with Gasteiger partial charge in [0.2, 0.25) is 0 Å². The van der Waals surface area contributed by atoms with Gasteiger partial charge in [0.15, 0.2) is 5.82 Å². The number of carboxylic acid groups (broad SMARTS) is 1. The van der Waals surface area contributed by atoms with Gasteiger partial charge in [0.25, 0.3) is 11.8 Å². The van der Waals surface area contributed by atoms with E-state index >= 15 is 0 Å². The van der Waals surface area contributed by atoms with Gasteiger partial charge >= 0.3 is 6.09 Å². The van der Waals surface area contributed by atoms with Crippen LogP contribution in [0.5, 0.6) is 0 Å². The Bertz CT molecular complexity index is 1070. The van der Waals surface area contributed by atoms with Crippen LogP contribution in [0.4, 0.5) is 16.3 Å². The van der Waals surface area contributed by atoms with Crippen molar-refractivity contribution in [3.8, 4) is 6.07 Å². The molecule has 2 heterocycles. The van der Waals surface area contributed by atoms with Crippen LogP contribution in [-0.4, -0.2) is 37.7 Å². The second-order valence-corrected chi connectivity index (χ2v) is 7.17. The predicted octanol–water partition coefficient (Wildman–Crippen LogP) is 2.22. The highest BCUT2D eigenvalue weighted by atomic mass is 16.4. The van der Waals surface area contributed by atoms with Crippen LogP contribution in [0.1, 0.15) is 51.6 Å². The lowest BCUT2D eigenvalue weighted by Gasteiger charge is -2.12. The fourth-order valence-corrected chi connectivity index (χ4v) is 3.57. The number of anilines is 2. The van der Waals surface area contributed by atoms with Gasteiger partial charge in [-0.1, -0.05) is 0 Å². The third-order valence-electron chi connectivity index (χ3n) is 5.21. The molecule has 2 aliphatic rings. The summed E-state index contributed by atoms with van der Waals surface area (Å²) in [5.74, 6) is -0.611. The zero-order valence-corrected chi connectivity index (χ0v) is 15.3. The summed E-state index contributed by atoms with van der Waals surface area (Å²) in [6.07, 6.45) is 2.56. The minimum absolute atomic E-state index is 0.0396. The standard InChI is InChI=1S/C19H18N6O4/c20-6-5-15(10-1-2-10)25-9-14(16(21)26)17(23-25)22-12-3-4-13-11(7-12)8-24(18(13)27)19(28)29/h3-4,7,9-10,15H,1-2,5,8H2,(H2,21,26)(H,22,23)(H,28,29). The van der Waals surface area contributed by atoms with E-state index in [1.807, 2.05) is 0 Å². The molecule has 1 aromatic carbocycles. The molecule has 0 bridgehead atoms. The third-order valence-corrected chi connectivity index (χ3v) is 5.21. The maximum Gasteiger partial charge on any atom is 0.414 e. The number of aromatic nitrogens is 2. The van der Waals surface area contributed by atoms with Crippen molar-refractivity contribution in [1.29, 1.82) is 5.26 Å². The Kier molecular flexibility index (Phi) is 4.43. The summed E-state index contributed by atoms with van der Waals surface area (Å²) in [6, 6.07) is 6.83. The van der Waals surface area contributed by atoms with Crippen LogP contribution in [-0.2, 0) is 6.54 Å². The van der Waals surface area contributed by atoms with Gasteiger partial charge < -0.3 is 16.2 Å². The number of fused-ring (bicyclic) bond motifs is 1. The molecule has 1 atom stereocenters. The molecule has 1 saturated carbocycles. The average molecular weight is 394 g/mol. The number of hydrogen-bond donors (Lipinski definition) is 3. The first-order chi connectivity index (χ1) is 13.9. The van der Waals surface area contributed by atoms with E-state index in [-0.39, 0.29) is 30.4 Å². The molecule has 1 aromatic heterocycles. The number of rotatable bonds is 6. The topological polar surface area (TPSA) is 154 Å². The van der Waals surface area contributed by atoms with Crippen molar-refractivity contribution in [2.45, 2.75) is 31.8 Å². The van der Waals surface area contributed by atoms with Crippen molar-refractivity contribution in [3.63, 3.8) is 0 Å². The van der Waals surface area contributed by atoms with Crippen LogP contribution in [0.3, 0.4) is 0 Å². The van der Waals surface area contributed by atoms with Gasteiger partial charge in [0, 0.05) is 17.4 Å². The molecule has 4 N–H and O–H groups in total. The molecule has 0 radical (unpaired) electrons. The largest absolute Gasteiger partial charge is 0.465 e. The zero-order chi connectivity index (χ0) is 20.7. The molecule has 1 aliphatic heterocycles. The average Bonchev–Trinajstić information content (AvgIpc) is 3.34. The molecule has 4 rings (SSSR count). The molecular weight excluding hydrogens is 376 g/mol. The molecule has 29 heavy (non-hydrogen) atoms. The molecule has 0 saturated heterocycles. The van der Waals surface area contributed by atoms with Crippen molar-refractivity contribution >= 4 is 29.4 Å². The molecule has 1 fully saturated rings. The van der Waals surface area contributed by atoms with E-state index in [2.05, 4.69) is 16.5 Å². The number of carbonyl (C=O) groups is 3. The van der Waals surface area contributed by atoms with Crippen molar-refractivity contribution in [2.24, 2.45) is 11.7 Å². The van der Waals surface area contributed by atoms with Crippen LogP contribution in [0.25, 0.3) is 0 Å².